The van der Waals surface area contributed by atoms with Crippen LogP contribution in [0.25, 0.3) is 0 Å². The minimum absolute atomic E-state index is 0.0623. The summed E-state index contributed by atoms with van der Waals surface area (Å²) in [5.74, 6) is 0.145. The van der Waals surface area contributed by atoms with Crippen molar-refractivity contribution in [3.05, 3.63) is 35.9 Å². The van der Waals surface area contributed by atoms with E-state index in [4.69, 9.17) is 0 Å². The van der Waals surface area contributed by atoms with E-state index in [0.29, 0.717) is 6.42 Å². The molecule has 0 radical (unpaired) electrons. The normalized spacial score (nSPS) is 20.5. The van der Waals surface area contributed by atoms with Crippen molar-refractivity contribution < 1.29 is 10.0 Å². The summed E-state index contributed by atoms with van der Waals surface area (Å²) < 4.78 is 0. The largest absolute Gasteiger partial charge is 0.286 e. The highest BCUT2D eigenvalue weighted by Gasteiger charge is 2.35. The molecule has 2 atom stereocenters. The van der Waals surface area contributed by atoms with Gasteiger partial charge in [-0.1, -0.05) is 101 Å². The molecule has 0 aliphatic carbocycles. The lowest BCUT2D eigenvalue weighted by molar-refractivity contribution is -0.185. The van der Waals surface area contributed by atoms with Gasteiger partial charge in [-0.05, 0) is 18.4 Å². The van der Waals surface area contributed by atoms with E-state index >= 15 is 0 Å². The fraction of sp³-hybridized carbons (Fsp3) is 0.696. The van der Waals surface area contributed by atoms with Crippen LogP contribution >= 0.6 is 0 Å². The maximum atomic E-state index is 11.9. The zero-order valence-electron chi connectivity index (χ0n) is 16.5. The maximum absolute atomic E-state index is 11.9. The van der Waals surface area contributed by atoms with Gasteiger partial charge in [-0.3, -0.25) is 10.0 Å². The van der Waals surface area contributed by atoms with E-state index in [2.05, 4.69) is 19.1 Å². The van der Waals surface area contributed by atoms with E-state index in [-0.39, 0.29) is 17.9 Å². The average molecular weight is 360 g/mol. The molecular formula is C23H37NO2. The Labute approximate surface area is 159 Å². The lowest BCUT2D eigenvalue weighted by Crippen LogP contribution is -2.45. The van der Waals surface area contributed by atoms with Crippen LogP contribution in [-0.4, -0.2) is 22.2 Å². The molecule has 1 aliphatic rings. The third-order valence-electron chi connectivity index (χ3n) is 5.78. The molecule has 0 spiro atoms. The number of carbonyl (C=O) groups excluding carboxylic acids is 1. The molecule has 3 nitrogen and oxygen atoms in total. The second kappa shape index (κ2) is 12.1. The molecule has 1 amide bonds. The standard InChI is InChI=1S/C23H37NO2/c1-2-3-4-5-6-7-8-9-10-14-17-22-21(18-19-23(25)24(22)26)20-15-12-11-13-16-20/h11-13,15-16,21-22,26H,2-10,14,17-19H2,1H3/t21-,22+/m0/s1. The molecule has 1 N–H and O–H groups in total. The molecule has 0 unspecified atom stereocenters. The van der Waals surface area contributed by atoms with Gasteiger partial charge in [-0.15, -0.1) is 0 Å². The molecule has 1 aliphatic heterocycles. The molecule has 1 aromatic rings. The van der Waals surface area contributed by atoms with Gasteiger partial charge in [0.05, 0.1) is 6.04 Å². The monoisotopic (exact) mass is 359 g/mol. The lowest BCUT2D eigenvalue weighted by atomic mass is 9.82. The Morgan fingerprint density at radius 3 is 2.12 bits per heavy atom. The molecule has 1 fully saturated rings. The molecule has 3 heteroatoms. The lowest BCUT2D eigenvalue weighted by Gasteiger charge is -2.37. The number of unbranched alkanes of at least 4 members (excludes halogenated alkanes) is 9. The van der Waals surface area contributed by atoms with Gasteiger partial charge in [0, 0.05) is 12.3 Å². The second-order valence-corrected chi connectivity index (χ2v) is 7.83. The summed E-state index contributed by atoms with van der Waals surface area (Å²) in [6.07, 6.45) is 15.3. The van der Waals surface area contributed by atoms with E-state index in [0.717, 1.165) is 24.3 Å². The first kappa shape index (κ1) is 21.0. The highest BCUT2D eigenvalue weighted by Crippen LogP contribution is 2.35. The zero-order valence-corrected chi connectivity index (χ0v) is 16.5. The highest BCUT2D eigenvalue weighted by atomic mass is 16.5. The van der Waals surface area contributed by atoms with Crippen LogP contribution in [0.4, 0.5) is 0 Å². The molecular weight excluding hydrogens is 322 g/mol. The Hall–Kier alpha value is -1.35. The Bertz CT molecular complexity index is 502. The topological polar surface area (TPSA) is 40.5 Å². The van der Waals surface area contributed by atoms with Gasteiger partial charge in [0.1, 0.15) is 0 Å². The van der Waals surface area contributed by atoms with Crippen LogP contribution in [0.5, 0.6) is 0 Å². The van der Waals surface area contributed by atoms with E-state index in [1.54, 1.807) is 0 Å². The van der Waals surface area contributed by atoms with Gasteiger partial charge in [0.25, 0.3) is 0 Å². The highest BCUT2D eigenvalue weighted by molar-refractivity contribution is 5.76. The van der Waals surface area contributed by atoms with Gasteiger partial charge in [-0.2, -0.15) is 0 Å². The van der Waals surface area contributed by atoms with E-state index < -0.39 is 0 Å². The second-order valence-electron chi connectivity index (χ2n) is 7.83. The first-order valence-corrected chi connectivity index (χ1v) is 10.8. The van der Waals surface area contributed by atoms with Crippen molar-refractivity contribution in [3.8, 4) is 0 Å². The number of amides is 1. The van der Waals surface area contributed by atoms with Crippen LogP contribution in [0.3, 0.4) is 0 Å². The van der Waals surface area contributed by atoms with Gasteiger partial charge >= 0.3 is 0 Å². The predicted molar refractivity (Wildman–Crippen MR) is 107 cm³/mol. The molecule has 1 heterocycles. The van der Waals surface area contributed by atoms with Crippen LogP contribution in [0, 0.1) is 0 Å². The van der Waals surface area contributed by atoms with Crippen molar-refractivity contribution in [2.45, 2.75) is 102 Å². The Balaban J connectivity index is 1.69. The number of benzene rings is 1. The molecule has 0 aromatic heterocycles. The zero-order chi connectivity index (χ0) is 18.6. The number of rotatable bonds is 12. The third-order valence-corrected chi connectivity index (χ3v) is 5.78. The Morgan fingerprint density at radius 2 is 1.50 bits per heavy atom. The van der Waals surface area contributed by atoms with Crippen LogP contribution in [0.2, 0.25) is 0 Å². The van der Waals surface area contributed by atoms with E-state index in [1.165, 1.54) is 63.4 Å². The number of hydrogen-bond donors (Lipinski definition) is 1. The smallest absolute Gasteiger partial charge is 0.246 e. The molecule has 146 valence electrons. The van der Waals surface area contributed by atoms with Crippen molar-refractivity contribution in [2.75, 3.05) is 0 Å². The minimum Gasteiger partial charge on any atom is -0.286 e. The Morgan fingerprint density at radius 1 is 0.923 bits per heavy atom. The summed E-state index contributed by atoms with van der Waals surface area (Å²) in [4.78, 5) is 11.9. The number of piperidine rings is 1. The molecule has 2 rings (SSSR count). The van der Waals surface area contributed by atoms with Crippen LogP contribution in [-0.2, 0) is 4.79 Å². The van der Waals surface area contributed by atoms with Crippen molar-refractivity contribution in [3.63, 3.8) is 0 Å². The number of hydroxylamine groups is 2. The quantitative estimate of drug-likeness (QED) is 0.343. The molecule has 0 bridgehead atoms. The van der Waals surface area contributed by atoms with Crippen LogP contribution < -0.4 is 0 Å². The summed E-state index contributed by atoms with van der Waals surface area (Å²) in [6.45, 7) is 2.26. The summed E-state index contributed by atoms with van der Waals surface area (Å²) in [5.41, 5.74) is 1.25. The van der Waals surface area contributed by atoms with Crippen molar-refractivity contribution in [2.24, 2.45) is 0 Å². The third kappa shape index (κ3) is 6.75. The number of carbonyl (C=O) groups is 1. The van der Waals surface area contributed by atoms with Crippen molar-refractivity contribution in [1.82, 2.24) is 5.06 Å². The van der Waals surface area contributed by atoms with Crippen LogP contribution in [0.15, 0.2) is 30.3 Å². The minimum atomic E-state index is -0.116. The summed E-state index contributed by atoms with van der Waals surface area (Å²) >= 11 is 0. The SMILES string of the molecule is CCCCCCCCCCCC[C@@H]1[C@H](c2ccccc2)CCC(=O)N1O. The first-order valence-electron chi connectivity index (χ1n) is 10.8. The maximum Gasteiger partial charge on any atom is 0.246 e. The molecule has 0 saturated carbocycles. The van der Waals surface area contributed by atoms with Gasteiger partial charge < -0.3 is 0 Å². The van der Waals surface area contributed by atoms with Crippen LogP contribution in [0.1, 0.15) is 102 Å². The Kier molecular flexibility index (Phi) is 9.76. The molecule has 1 aromatic carbocycles. The number of nitrogens with zero attached hydrogens (tertiary/aromatic N) is 1. The van der Waals surface area contributed by atoms with Gasteiger partial charge in [0.2, 0.25) is 5.91 Å². The molecule has 26 heavy (non-hydrogen) atoms. The van der Waals surface area contributed by atoms with Gasteiger partial charge in [-0.25, -0.2) is 5.06 Å². The first-order chi connectivity index (χ1) is 12.7. The summed E-state index contributed by atoms with van der Waals surface area (Å²) in [5, 5.41) is 11.3. The fourth-order valence-corrected chi connectivity index (χ4v) is 4.19. The number of hydrogen-bond acceptors (Lipinski definition) is 2. The van der Waals surface area contributed by atoms with Gasteiger partial charge in [0.15, 0.2) is 0 Å². The fourth-order valence-electron chi connectivity index (χ4n) is 4.19. The summed E-state index contributed by atoms with van der Waals surface area (Å²) in [6, 6.07) is 10.3. The van der Waals surface area contributed by atoms with E-state index in [9.17, 15) is 10.0 Å². The van der Waals surface area contributed by atoms with Crippen molar-refractivity contribution in [1.29, 1.82) is 0 Å². The van der Waals surface area contributed by atoms with E-state index in [1.807, 2.05) is 18.2 Å². The molecule has 1 saturated heterocycles. The van der Waals surface area contributed by atoms with Crippen molar-refractivity contribution >= 4 is 5.91 Å². The summed E-state index contributed by atoms with van der Waals surface area (Å²) in [7, 11) is 0. The predicted octanol–water partition coefficient (Wildman–Crippen LogP) is 6.46. The average Bonchev–Trinajstić information content (AvgIpc) is 2.67.